The van der Waals surface area contributed by atoms with Crippen LogP contribution in [0.1, 0.15) is 135 Å². The SMILES string of the molecule is CCC(=O)Oc1cc2c(O)c(c1)C=NC1CCCCC1N=Cc1cc(CC(=O)OC)cc(c1O)C=NC1CCCCC1N=Cc1cc(CC(=O)OC)cc(c1O)C=NC1CCCCC1N=C2. The second kappa shape index (κ2) is 22.6. The van der Waals surface area contributed by atoms with Crippen LogP contribution in [0.25, 0.3) is 0 Å². The average molecular weight is 901 g/mol. The third-order valence-corrected chi connectivity index (χ3v) is 12.8. The lowest BCUT2D eigenvalue weighted by Crippen LogP contribution is -2.27. The summed E-state index contributed by atoms with van der Waals surface area (Å²) in [7, 11) is 2.66. The molecular weight excluding hydrogens is 841 g/mol. The van der Waals surface area contributed by atoms with Gasteiger partial charge in [-0.05, 0) is 86.1 Å². The molecule has 7 rings (SSSR count). The molecule has 0 saturated heterocycles. The number of esters is 3. The number of aromatic hydroxyl groups is 3. The molecule has 6 atom stereocenters. The van der Waals surface area contributed by atoms with E-state index >= 15 is 0 Å². The number of hydrogen-bond acceptors (Lipinski definition) is 15. The lowest BCUT2D eigenvalue weighted by atomic mass is 9.91. The number of ether oxygens (including phenoxy) is 3. The minimum absolute atomic E-state index is 0.0273. The number of nitrogens with zero attached hydrogens (tertiary/aromatic N) is 6. The Balaban J connectivity index is 1.35. The molecule has 3 fully saturated rings. The molecule has 348 valence electrons. The van der Waals surface area contributed by atoms with Crippen LogP contribution in [0.4, 0.5) is 0 Å². The summed E-state index contributed by atoms with van der Waals surface area (Å²) >= 11 is 0. The van der Waals surface area contributed by atoms with Crippen LogP contribution in [0.15, 0.2) is 66.4 Å². The molecule has 0 amide bonds. The zero-order valence-corrected chi connectivity index (χ0v) is 38.0. The van der Waals surface area contributed by atoms with Gasteiger partial charge in [0.25, 0.3) is 0 Å². The van der Waals surface area contributed by atoms with Gasteiger partial charge in [0.2, 0.25) is 0 Å². The number of aliphatic imine (C=N–C) groups is 6. The van der Waals surface area contributed by atoms with Gasteiger partial charge in [-0.2, -0.15) is 0 Å². The summed E-state index contributed by atoms with van der Waals surface area (Å²) in [5.74, 6) is -1.23. The van der Waals surface area contributed by atoms with Crippen molar-refractivity contribution in [2.75, 3.05) is 14.2 Å². The van der Waals surface area contributed by atoms with Gasteiger partial charge in [-0.25, -0.2) is 0 Å². The monoisotopic (exact) mass is 900 g/mol. The Morgan fingerprint density at radius 2 is 0.712 bits per heavy atom. The number of methoxy groups -OCH3 is 2. The van der Waals surface area contributed by atoms with E-state index in [4.69, 9.17) is 44.2 Å². The molecule has 1 heterocycles. The van der Waals surface area contributed by atoms with E-state index in [1.807, 2.05) is 0 Å². The second-order valence-corrected chi connectivity index (χ2v) is 17.5. The van der Waals surface area contributed by atoms with Crippen LogP contribution in [0.3, 0.4) is 0 Å². The fourth-order valence-electron chi connectivity index (χ4n) is 9.05. The van der Waals surface area contributed by atoms with Crippen LogP contribution in [0, 0.1) is 0 Å². The van der Waals surface area contributed by atoms with E-state index in [-0.39, 0.29) is 78.5 Å². The fraction of sp³-hybridized carbons (Fsp3) is 0.471. The van der Waals surface area contributed by atoms with Gasteiger partial charge < -0.3 is 29.5 Å². The van der Waals surface area contributed by atoms with Gasteiger partial charge in [-0.15, -0.1) is 0 Å². The van der Waals surface area contributed by atoms with E-state index in [9.17, 15) is 29.7 Å². The number of hydrogen-bond donors (Lipinski definition) is 3. The maximum absolute atomic E-state index is 12.5. The van der Waals surface area contributed by atoms with Gasteiger partial charge in [0, 0.05) is 77.1 Å². The van der Waals surface area contributed by atoms with Crippen molar-refractivity contribution < 1.29 is 43.9 Å². The smallest absolute Gasteiger partial charge is 0.310 e. The van der Waals surface area contributed by atoms with Gasteiger partial charge in [0.15, 0.2) is 0 Å². The summed E-state index contributed by atoms with van der Waals surface area (Å²) < 4.78 is 15.6. The molecule has 6 unspecified atom stereocenters. The molecule has 1 aliphatic heterocycles. The Morgan fingerprint density at radius 3 is 0.955 bits per heavy atom. The normalized spacial score (nSPS) is 23.1. The molecule has 0 radical (unpaired) electrons. The third-order valence-electron chi connectivity index (χ3n) is 12.8. The van der Waals surface area contributed by atoms with Crippen molar-refractivity contribution in [3.8, 4) is 23.0 Å². The van der Waals surface area contributed by atoms with Gasteiger partial charge in [-0.3, -0.25) is 44.3 Å². The summed E-state index contributed by atoms with van der Waals surface area (Å²) in [5, 5.41) is 35.0. The number of benzene rings is 3. The molecule has 3 aromatic rings. The zero-order valence-electron chi connectivity index (χ0n) is 38.0. The van der Waals surface area contributed by atoms with Crippen LogP contribution in [-0.2, 0) is 36.7 Å². The van der Waals surface area contributed by atoms with E-state index in [0.717, 1.165) is 77.0 Å². The van der Waals surface area contributed by atoms with Crippen molar-refractivity contribution in [2.24, 2.45) is 30.0 Å². The molecular formula is C51H60N6O9. The standard InChI is InChI=1S/C51H60N6O9/c1-4-46(58)66-39-23-37-29-56-44-15-9-7-13-42(44)54-27-35-19-31(21-47(59)64-2)17-33(49(35)61)25-52-40-11-5-6-12-41(40)53-26-34-18-32(22-48(60)65-3)20-36(50(34)62)28-55-43-14-8-10-16-45(43)57-30-38(24-39)51(37)63/h17-20,23-30,40-45,61-63H,4-16,21-22H2,1-3H3. The minimum atomic E-state index is -0.436. The predicted molar refractivity (Wildman–Crippen MR) is 255 cm³/mol. The van der Waals surface area contributed by atoms with Gasteiger partial charge in [0.1, 0.15) is 23.0 Å². The van der Waals surface area contributed by atoms with Crippen LogP contribution >= 0.6 is 0 Å². The van der Waals surface area contributed by atoms with E-state index in [1.165, 1.54) is 14.2 Å². The Hall–Kier alpha value is -6.51. The first-order valence-electron chi connectivity index (χ1n) is 23.1. The maximum atomic E-state index is 12.5. The number of fused-ring (bicyclic) bond motifs is 9. The van der Waals surface area contributed by atoms with Crippen molar-refractivity contribution in [1.82, 2.24) is 0 Å². The highest BCUT2D eigenvalue weighted by atomic mass is 16.5. The zero-order chi connectivity index (χ0) is 46.6. The molecule has 4 aliphatic rings. The molecule has 6 bridgehead atoms. The summed E-state index contributed by atoms with van der Waals surface area (Å²) in [5.41, 5.74) is 3.58. The quantitative estimate of drug-likeness (QED) is 0.166. The van der Waals surface area contributed by atoms with E-state index in [2.05, 4.69) is 0 Å². The molecule has 3 aromatic carbocycles. The Morgan fingerprint density at radius 1 is 0.455 bits per heavy atom. The van der Waals surface area contributed by atoms with Gasteiger partial charge in [-0.1, -0.05) is 45.4 Å². The second-order valence-electron chi connectivity index (χ2n) is 17.5. The van der Waals surface area contributed by atoms with E-state index in [0.29, 0.717) is 44.5 Å². The Bertz CT molecular complexity index is 2050. The summed E-state index contributed by atoms with van der Waals surface area (Å²) in [6.07, 6.45) is 19.9. The Labute approximate surface area is 385 Å². The third kappa shape index (κ3) is 12.2. The molecule has 3 aliphatic carbocycles. The number of carbonyl (C=O) groups excluding carboxylic acids is 3. The first-order chi connectivity index (χ1) is 32.0. The van der Waals surface area contributed by atoms with Crippen molar-refractivity contribution >= 4 is 55.2 Å². The van der Waals surface area contributed by atoms with Gasteiger partial charge in [0.05, 0.1) is 63.3 Å². The molecule has 15 nitrogen and oxygen atoms in total. The summed E-state index contributed by atoms with van der Waals surface area (Å²) in [6, 6.07) is 8.58. The van der Waals surface area contributed by atoms with Crippen LogP contribution in [0.5, 0.6) is 23.0 Å². The largest absolute Gasteiger partial charge is 0.507 e. The van der Waals surface area contributed by atoms with Crippen molar-refractivity contribution in [1.29, 1.82) is 0 Å². The molecule has 3 saturated carbocycles. The molecule has 3 N–H and O–H groups in total. The topological polar surface area (TPSA) is 214 Å². The van der Waals surface area contributed by atoms with Crippen LogP contribution in [-0.4, -0.2) is 121 Å². The van der Waals surface area contributed by atoms with E-state index < -0.39 is 17.9 Å². The van der Waals surface area contributed by atoms with Crippen molar-refractivity contribution in [3.05, 3.63) is 80.9 Å². The van der Waals surface area contributed by atoms with Crippen molar-refractivity contribution in [2.45, 2.75) is 139 Å². The van der Waals surface area contributed by atoms with Gasteiger partial charge >= 0.3 is 17.9 Å². The average Bonchev–Trinajstić information content (AvgIpc) is 3.33. The highest BCUT2D eigenvalue weighted by Crippen LogP contribution is 2.33. The van der Waals surface area contributed by atoms with Crippen molar-refractivity contribution in [3.63, 3.8) is 0 Å². The van der Waals surface area contributed by atoms with E-state index in [1.54, 1.807) is 80.6 Å². The predicted octanol–water partition coefficient (Wildman–Crippen LogP) is 7.41. The first kappa shape index (κ1) is 47.5. The molecule has 0 aromatic heterocycles. The summed E-state index contributed by atoms with van der Waals surface area (Å²) in [4.78, 5) is 67.2. The lowest BCUT2D eigenvalue weighted by molar-refractivity contribution is -0.140. The molecule has 15 heteroatoms. The maximum Gasteiger partial charge on any atom is 0.310 e. The number of carbonyl (C=O) groups is 3. The summed E-state index contributed by atoms with van der Waals surface area (Å²) in [6.45, 7) is 1.70. The number of rotatable bonds is 6. The minimum Gasteiger partial charge on any atom is -0.507 e. The number of phenols is 3. The fourth-order valence-corrected chi connectivity index (χ4v) is 9.05. The number of phenolic OH excluding ortho intramolecular Hbond substituents is 3. The van der Waals surface area contributed by atoms with Crippen LogP contribution < -0.4 is 4.74 Å². The molecule has 0 spiro atoms. The highest BCUT2D eigenvalue weighted by Gasteiger charge is 2.27. The lowest BCUT2D eigenvalue weighted by Gasteiger charge is -2.26. The highest BCUT2D eigenvalue weighted by molar-refractivity contribution is 5.95. The Kier molecular flexibility index (Phi) is 16.2. The first-order valence-corrected chi connectivity index (χ1v) is 23.1. The molecule has 66 heavy (non-hydrogen) atoms. The van der Waals surface area contributed by atoms with Crippen LogP contribution in [0.2, 0.25) is 0 Å².